The molecule has 1 aliphatic rings. The number of rotatable bonds is 2. The van der Waals surface area contributed by atoms with Crippen molar-refractivity contribution in [3.05, 3.63) is 28.2 Å². The van der Waals surface area contributed by atoms with Crippen LogP contribution in [0, 0.1) is 11.3 Å². The number of hydrogen-bond acceptors (Lipinski definition) is 3. The number of benzene rings is 1. The fourth-order valence-electron chi connectivity index (χ4n) is 2.22. The van der Waals surface area contributed by atoms with E-state index in [4.69, 9.17) is 5.26 Å². The summed E-state index contributed by atoms with van der Waals surface area (Å²) < 4.78 is 0.990. The first-order chi connectivity index (χ1) is 8.22. The molecule has 1 aromatic rings. The van der Waals surface area contributed by atoms with Crippen molar-refractivity contribution in [3.8, 4) is 6.07 Å². The van der Waals surface area contributed by atoms with Crippen molar-refractivity contribution < 1.29 is 0 Å². The van der Waals surface area contributed by atoms with Crippen molar-refractivity contribution in [2.75, 3.05) is 25.0 Å². The van der Waals surface area contributed by atoms with Crippen LogP contribution in [-0.4, -0.2) is 26.2 Å². The molecule has 1 aromatic carbocycles. The zero-order valence-electron chi connectivity index (χ0n) is 9.91. The summed E-state index contributed by atoms with van der Waals surface area (Å²) in [6.45, 7) is 2.15. The molecule has 3 nitrogen and oxygen atoms in total. The Morgan fingerprint density at radius 2 is 2.35 bits per heavy atom. The fourth-order valence-corrected chi connectivity index (χ4v) is 2.88. The van der Waals surface area contributed by atoms with Crippen LogP contribution >= 0.6 is 15.9 Å². The number of piperidine rings is 1. The third-order valence-electron chi connectivity index (χ3n) is 3.28. The molecule has 1 fully saturated rings. The number of nitrogens with one attached hydrogen (secondary N) is 1. The number of anilines is 1. The van der Waals surface area contributed by atoms with E-state index >= 15 is 0 Å². The molecule has 1 N–H and O–H groups in total. The van der Waals surface area contributed by atoms with Crippen molar-refractivity contribution in [1.29, 1.82) is 5.26 Å². The molecule has 0 aromatic heterocycles. The van der Waals surface area contributed by atoms with E-state index in [2.05, 4.69) is 39.3 Å². The van der Waals surface area contributed by atoms with Crippen LogP contribution in [0.3, 0.4) is 0 Å². The monoisotopic (exact) mass is 293 g/mol. The number of nitrogens with zero attached hydrogens (tertiary/aromatic N) is 2. The number of likely N-dealkylation sites (N-methyl/N-ethyl adjacent to an activating group) is 1. The maximum absolute atomic E-state index is 8.85. The predicted molar refractivity (Wildman–Crippen MR) is 73.2 cm³/mol. The topological polar surface area (TPSA) is 39.1 Å². The Hall–Kier alpha value is -1.05. The minimum Gasteiger partial charge on any atom is -0.369 e. The van der Waals surface area contributed by atoms with Gasteiger partial charge in [0.2, 0.25) is 0 Å². The second-order valence-corrected chi connectivity index (χ2v) is 5.24. The normalized spacial score (nSPS) is 19.7. The maximum Gasteiger partial charge on any atom is 0.0992 e. The molecule has 1 saturated heterocycles. The molecule has 0 bridgehead atoms. The first kappa shape index (κ1) is 12.4. The summed E-state index contributed by atoms with van der Waals surface area (Å²) >= 11 is 3.54. The number of nitriles is 1. The van der Waals surface area contributed by atoms with Crippen LogP contribution in [-0.2, 0) is 0 Å². The van der Waals surface area contributed by atoms with E-state index in [1.54, 1.807) is 0 Å². The first-order valence-electron chi connectivity index (χ1n) is 5.85. The second kappa shape index (κ2) is 5.52. The Labute approximate surface area is 111 Å². The lowest BCUT2D eigenvalue weighted by Gasteiger charge is -2.34. The zero-order valence-corrected chi connectivity index (χ0v) is 11.5. The zero-order chi connectivity index (χ0) is 12.3. The maximum atomic E-state index is 8.85. The van der Waals surface area contributed by atoms with Crippen molar-refractivity contribution in [2.45, 2.75) is 18.9 Å². The molecular formula is C13H16BrN3. The Balaban J connectivity index is 2.18. The number of hydrogen-bond donors (Lipinski definition) is 1. The van der Waals surface area contributed by atoms with E-state index in [1.807, 2.05) is 18.2 Å². The van der Waals surface area contributed by atoms with Gasteiger partial charge in [-0.2, -0.15) is 5.26 Å². The molecule has 1 unspecified atom stereocenters. The fraction of sp³-hybridized carbons (Fsp3) is 0.462. The van der Waals surface area contributed by atoms with Gasteiger partial charge in [-0.15, -0.1) is 0 Å². The van der Waals surface area contributed by atoms with Crippen molar-refractivity contribution >= 4 is 21.6 Å². The van der Waals surface area contributed by atoms with Gasteiger partial charge in [-0.1, -0.05) is 0 Å². The first-order valence-corrected chi connectivity index (χ1v) is 6.65. The summed E-state index contributed by atoms with van der Waals surface area (Å²) in [4.78, 5) is 2.29. The van der Waals surface area contributed by atoms with Crippen LogP contribution in [0.1, 0.15) is 18.4 Å². The molecular weight excluding hydrogens is 278 g/mol. The van der Waals surface area contributed by atoms with Gasteiger partial charge in [-0.3, -0.25) is 0 Å². The van der Waals surface area contributed by atoms with Crippen LogP contribution in [0.5, 0.6) is 0 Å². The Kier molecular flexibility index (Phi) is 4.03. The third kappa shape index (κ3) is 2.80. The van der Waals surface area contributed by atoms with E-state index in [0.717, 1.165) is 23.2 Å². The smallest absolute Gasteiger partial charge is 0.0992 e. The SMILES string of the molecule is CN(c1ccc(C#N)cc1Br)C1CCCNC1. The summed E-state index contributed by atoms with van der Waals surface area (Å²) in [6, 6.07) is 8.44. The standard InChI is InChI=1S/C13H16BrN3/c1-17(11-3-2-6-16-9-11)13-5-4-10(8-15)7-12(13)14/h4-5,7,11,16H,2-3,6,9H2,1H3. The van der Waals surface area contributed by atoms with E-state index in [1.165, 1.54) is 12.8 Å². The highest BCUT2D eigenvalue weighted by Crippen LogP contribution is 2.28. The Bertz CT molecular complexity index is 433. The highest BCUT2D eigenvalue weighted by atomic mass is 79.9. The molecule has 17 heavy (non-hydrogen) atoms. The molecule has 0 saturated carbocycles. The van der Waals surface area contributed by atoms with Gasteiger partial charge in [0.1, 0.15) is 0 Å². The second-order valence-electron chi connectivity index (χ2n) is 4.39. The Morgan fingerprint density at radius 1 is 1.53 bits per heavy atom. The van der Waals surface area contributed by atoms with Crippen LogP contribution in [0.4, 0.5) is 5.69 Å². The number of halogens is 1. The van der Waals surface area contributed by atoms with Gasteiger partial charge in [-0.25, -0.2) is 0 Å². The van der Waals surface area contributed by atoms with E-state index in [9.17, 15) is 0 Å². The molecule has 1 atom stereocenters. The van der Waals surface area contributed by atoms with Crippen LogP contribution in [0.25, 0.3) is 0 Å². The quantitative estimate of drug-likeness (QED) is 0.911. The van der Waals surface area contributed by atoms with E-state index in [-0.39, 0.29) is 0 Å². The van der Waals surface area contributed by atoms with Crippen molar-refractivity contribution in [2.24, 2.45) is 0 Å². The molecule has 1 aliphatic heterocycles. The highest BCUT2D eigenvalue weighted by Gasteiger charge is 2.19. The lowest BCUT2D eigenvalue weighted by molar-refractivity contribution is 0.445. The van der Waals surface area contributed by atoms with Crippen LogP contribution in [0.2, 0.25) is 0 Å². The highest BCUT2D eigenvalue weighted by molar-refractivity contribution is 9.10. The third-order valence-corrected chi connectivity index (χ3v) is 3.91. The van der Waals surface area contributed by atoms with Gasteiger partial charge < -0.3 is 10.2 Å². The minimum absolute atomic E-state index is 0.535. The summed E-state index contributed by atoms with van der Waals surface area (Å²) in [5, 5.41) is 12.3. The largest absolute Gasteiger partial charge is 0.369 e. The van der Waals surface area contributed by atoms with Gasteiger partial charge in [0.05, 0.1) is 17.3 Å². The van der Waals surface area contributed by atoms with Crippen LogP contribution < -0.4 is 10.2 Å². The van der Waals surface area contributed by atoms with E-state index in [0.29, 0.717) is 11.6 Å². The van der Waals surface area contributed by atoms with Gasteiger partial charge in [0, 0.05) is 24.1 Å². The van der Waals surface area contributed by atoms with E-state index < -0.39 is 0 Å². The molecule has 0 amide bonds. The molecule has 0 spiro atoms. The Morgan fingerprint density at radius 3 is 2.94 bits per heavy atom. The lowest BCUT2D eigenvalue weighted by Crippen LogP contribution is -2.44. The van der Waals surface area contributed by atoms with Gasteiger partial charge >= 0.3 is 0 Å². The summed E-state index contributed by atoms with van der Waals surface area (Å²) in [6.07, 6.45) is 2.44. The summed E-state index contributed by atoms with van der Waals surface area (Å²) in [7, 11) is 2.11. The molecule has 1 heterocycles. The van der Waals surface area contributed by atoms with Crippen LogP contribution in [0.15, 0.2) is 22.7 Å². The minimum atomic E-state index is 0.535. The molecule has 0 radical (unpaired) electrons. The molecule has 4 heteroatoms. The van der Waals surface area contributed by atoms with Crippen molar-refractivity contribution in [1.82, 2.24) is 5.32 Å². The van der Waals surface area contributed by atoms with Gasteiger partial charge in [0.25, 0.3) is 0 Å². The summed E-state index contributed by atoms with van der Waals surface area (Å²) in [5.41, 5.74) is 1.84. The average Bonchev–Trinajstić information content (AvgIpc) is 2.39. The average molecular weight is 294 g/mol. The summed E-state index contributed by atoms with van der Waals surface area (Å²) in [5.74, 6) is 0. The molecule has 2 rings (SSSR count). The van der Waals surface area contributed by atoms with Gasteiger partial charge in [0.15, 0.2) is 0 Å². The molecule has 0 aliphatic carbocycles. The predicted octanol–water partition coefficient (Wildman–Crippen LogP) is 2.51. The lowest BCUT2D eigenvalue weighted by atomic mass is 10.1. The molecule has 90 valence electrons. The van der Waals surface area contributed by atoms with Crippen molar-refractivity contribution in [3.63, 3.8) is 0 Å². The van der Waals surface area contributed by atoms with Gasteiger partial charge in [-0.05, 0) is 53.5 Å².